The highest BCUT2D eigenvalue weighted by molar-refractivity contribution is 7.86. The van der Waals surface area contributed by atoms with Crippen molar-refractivity contribution in [1.82, 2.24) is 0 Å². The van der Waals surface area contributed by atoms with E-state index in [1.165, 1.54) is 18.2 Å². The number of rotatable bonds is 5. The Morgan fingerprint density at radius 1 is 1.56 bits per heavy atom. The van der Waals surface area contributed by atoms with E-state index in [1.807, 2.05) is 6.92 Å². The third-order valence-corrected chi connectivity index (χ3v) is 4.25. The molecule has 1 amide bonds. The summed E-state index contributed by atoms with van der Waals surface area (Å²) in [6.07, 6.45) is 0.758. The average molecular weight is 272 g/mol. The van der Waals surface area contributed by atoms with Crippen LogP contribution in [0.2, 0.25) is 0 Å². The molecule has 0 aliphatic rings. The summed E-state index contributed by atoms with van der Waals surface area (Å²) in [6, 6.07) is 3.93. The number of amides is 1. The minimum atomic E-state index is -1.20. The maximum atomic E-state index is 12.9. The summed E-state index contributed by atoms with van der Waals surface area (Å²) < 4.78 is 24.6. The van der Waals surface area contributed by atoms with Gasteiger partial charge in [0.15, 0.2) is 0 Å². The van der Waals surface area contributed by atoms with Crippen molar-refractivity contribution in [1.29, 1.82) is 0 Å². The molecule has 0 aromatic heterocycles. The number of carbonyl (C=O) groups is 1. The summed E-state index contributed by atoms with van der Waals surface area (Å²) in [7, 11) is -1.20. The van der Waals surface area contributed by atoms with Crippen molar-refractivity contribution in [2.45, 2.75) is 25.5 Å². The van der Waals surface area contributed by atoms with E-state index >= 15 is 0 Å². The summed E-state index contributed by atoms with van der Waals surface area (Å²) in [5.74, 6) is -0.399. The number of nitrogen functional groups attached to an aromatic ring is 1. The Bertz CT molecular complexity index is 465. The smallest absolute Gasteiger partial charge is 0.239 e. The van der Waals surface area contributed by atoms with Gasteiger partial charge in [0.1, 0.15) is 11.1 Å². The van der Waals surface area contributed by atoms with Gasteiger partial charge in [0.25, 0.3) is 0 Å². The molecule has 4 nitrogen and oxygen atoms in total. The molecule has 0 fully saturated rings. The van der Waals surface area contributed by atoms with Crippen LogP contribution in [-0.2, 0) is 15.6 Å². The molecule has 18 heavy (non-hydrogen) atoms. The molecule has 1 aromatic carbocycles. The number of nitrogens with one attached hydrogen (secondary N) is 1. The Labute approximate surface area is 108 Å². The van der Waals surface area contributed by atoms with Crippen LogP contribution in [0.1, 0.15) is 20.3 Å². The van der Waals surface area contributed by atoms with Gasteiger partial charge in [-0.15, -0.1) is 0 Å². The zero-order chi connectivity index (χ0) is 13.7. The maximum absolute atomic E-state index is 12.9. The molecule has 1 aromatic rings. The van der Waals surface area contributed by atoms with E-state index in [1.54, 1.807) is 6.92 Å². The van der Waals surface area contributed by atoms with Crippen LogP contribution >= 0.6 is 0 Å². The van der Waals surface area contributed by atoms with Gasteiger partial charge in [0, 0.05) is 22.2 Å². The number of halogens is 1. The summed E-state index contributed by atoms with van der Waals surface area (Å²) in [5.41, 5.74) is 5.76. The lowest BCUT2D eigenvalue weighted by atomic mass is 10.2. The fraction of sp³-hybridized carbons (Fsp3) is 0.417. The molecule has 1 rings (SSSR count). The predicted molar refractivity (Wildman–Crippen MR) is 72.2 cm³/mol. The number of anilines is 2. The third-order valence-electron chi connectivity index (χ3n) is 2.43. The zero-order valence-electron chi connectivity index (χ0n) is 10.4. The number of benzene rings is 1. The lowest BCUT2D eigenvalue weighted by Crippen LogP contribution is -2.30. The van der Waals surface area contributed by atoms with Gasteiger partial charge in [-0.1, -0.05) is 6.92 Å². The van der Waals surface area contributed by atoms with Crippen molar-refractivity contribution < 1.29 is 13.4 Å². The van der Waals surface area contributed by atoms with Crippen LogP contribution < -0.4 is 11.1 Å². The number of nitrogens with two attached hydrogens (primary N) is 1. The molecular formula is C12H17FN2O2S. The highest BCUT2D eigenvalue weighted by Crippen LogP contribution is 2.16. The zero-order valence-corrected chi connectivity index (χ0v) is 11.2. The van der Waals surface area contributed by atoms with E-state index in [4.69, 9.17) is 5.73 Å². The molecule has 0 aliphatic carbocycles. The second kappa shape index (κ2) is 6.49. The monoisotopic (exact) mass is 272 g/mol. The van der Waals surface area contributed by atoms with Gasteiger partial charge in [-0.2, -0.15) is 0 Å². The molecule has 0 heterocycles. The van der Waals surface area contributed by atoms with E-state index in [-0.39, 0.29) is 11.6 Å². The van der Waals surface area contributed by atoms with Crippen molar-refractivity contribution in [3.63, 3.8) is 0 Å². The molecule has 6 heteroatoms. The van der Waals surface area contributed by atoms with Gasteiger partial charge in [-0.05, 0) is 31.5 Å². The lowest BCUT2D eigenvalue weighted by Gasteiger charge is -2.12. The SMILES string of the molecule is CCCS(=O)C(C)C(=O)Nc1ccc(F)c(N)c1. The Morgan fingerprint density at radius 2 is 2.22 bits per heavy atom. The summed E-state index contributed by atoms with van der Waals surface area (Å²) in [4.78, 5) is 11.8. The molecule has 2 atom stereocenters. The van der Waals surface area contributed by atoms with Gasteiger partial charge >= 0.3 is 0 Å². The van der Waals surface area contributed by atoms with Gasteiger partial charge in [0.05, 0.1) is 5.69 Å². The number of hydrogen-bond acceptors (Lipinski definition) is 3. The first-order valence-electron chi connectivity index (χ1n) is 5.68. The normalized spacial score (nSPS) is 13.9. The highest BCUT2D eigenvalue weighted by Gasteiger charge is 2.19. The summed E-state index contributed by atoms with van der Waals surface area (Å²) in [6.45, 7) is 3.51. The van der Waals surface area contributed by atoms with E-state index < -0.39 is 21.9 Å². The predicted octanol–water partition coefficient (Wildman–Crippen LogP) is 1.89. The lowest BCUT2D eigenvalue weighted by molar-refractivity contribution is -0.115. The van der Waals surface area contributed by atoms with Gasteiger partial charge in [-0.25, -0.2) is 4.39 Å². The van der Waals surface area contributed by atoms with E-state index in [2.05, 4.69) is 5.32 Å². The van der Waals surface area contributed by atoms with Crippen LogP contribution in [0.3, 0.4) is 0 Å². The molecule has 0 saturated carbocycles. The van der Waals surface area contributed by atoms with Crippen LogP contribution in [-0.4, -0.2) is 21.1 Å². The van der Waals surface area contributed by atoms with E-state index in [0.29, 0.717) is 11.4 Å². The fourth-order valence-corrected chi connectivity index (χ4v) is 2.42. The minimum Gasteiger partial charge on any atom is -0.396 e. The topological polar surface area (TPSA) is 72.2 Å². The summed E-state index contributed by atoms with van der Waals surface area (Å²) in [5, 5.41) is 1.97. The number of hydrogen-bond donors (Lipinski definition) is 2. The fourth-order valence-electron chi connectivity index (χ4n) is 1.36. The molecule has 3 N–H and O–H groups in total. The molecule has 0 radical (unpaired) electrons. The van der Waals surface area contributed by atoms with Crippen molar-refractivity contribution in [3.05, 3.63) is 24.0 Å². The van der Waals surface area contributed by atoms with Crippen molar-refractivity contribution in [2.75, 3.05) is 16.8 Å². The highest BCUT2D eigenvalue weighted by atomic mass is 32.2. The number of carbonyl (C=O) groups excluding carboxylic acids is 1. The summed E-state index contributed by atoms with van der Waals surface area (Å²) >= 11 is 0. The van der Waals surface area contributed by atoms with Crippen LogP contribution in [0, 0.1) is 5.82 Å². The molecule has 0 bridgehead atoms. The van der Waals surface area contributed by atoms with Gasteiger partial charge < -0.3 is 11.1 Å². The van der Waals surface area contributed by atoms with Crippen LogP contribution in [0.25, 0.3) is 0 Å². The van der Waals surface area contributed by atoms with Crippen LogP contribution in [0.4, 0.5) is 15.8 Å². The molecule has 0 saturated heterocycles. The van der Waals surface area contributed by atoms with E-state index in [9.17, 15) is 13.4 Å². The Morgan fingerprint density at radius 3 is 2.78 bits per heavy atom. The van der Waals surface area contributed by atoms with E-state index in [0.717, 1.165) is 6.42 Å². The van der Waals surface area contributed by atoms with Crippen LogP contribution in [0.5, 0.6) is 0 Å². The molecule has 0 aliphatic heterocycles. The minimum absolute atomic E-state index is 0.0323. The first-order valence-corrected chi connectivity index (χ1v) is 7.07. The molecule has 0 spiro atoms. The Balaban J connectivity index is 2.69. The quantitative estimate of drug-likeness (QED) is 0.804. The van der Waals surface area contributed by atoms with Crippen molar-refractivity contribution >= 4 is 28.1 Å². The Hall–Kier alpha value is -1.43. The first kappa shape index (κ1) is 14.6. The first-order chi connectivity index (χ1) is 8.45. The Kier molecular flexibility index (Phi) is 5.27. The molecule has 2 unspecified atom stereocenters. The average Bonchev–Trinajstić information content (AvgIpc) is 2.33. The van der Waals surface area contributed by atoms with Crippen LogP contribution in [0.15, 0.2) is 18.2 Å². The second-order valence-electron chi connectivity index (χ2n) is 3.95. The maximum Gasteiger partial charge on any atom is 0.239 e. The molecule has 100 valence electrons. The van der Waals surface area contributed by atoms with Crippen molar-refractivity contribution in [3.8, 4) is 0 Å². The van der Waals surface area contributed by atoms with Gasteiger partial charge in [0.2, 0.25) is 5.91 Å². The third kappa shape index (κ3) is 3.80. The standard InChI is InChI=1S/C12H17FN2O2S/c1-3-6-18(17)8(2)12(16)15-9-4-5-10(13)11(14)7-9/h4-5,7-8H,3,6,14H2,1-2H3,(H,15,16). The van der Waals surface area contributed by atoms with Gasteiger partial charge in [-0.3, -0.25) is 9.00 Å². The molecular weight excluding hydrogens is 255 g/mol. The second-order valence-corrected chi connectivity index (χ2v) is 5.83. The largest absolute Gasteiger partial charge is 0.396 e. The van der Waals surface area contributed by atoms with Crippen molar-refractivity contribution in [2.24, 2.45) is 0 Å².